The van der Waals surface area contributed by atoms with Crippen molar-refractivity contribution < 1.29 is 9.60 Å². The van der Waals surface area contributed by atoms with Crippen LogP contribution in [0.1, 0.15) is 36.8 Å². The van der Waals surface area contributed by atoms with Crippen molar-refractivity contribution in [2.75, 3.05) is 6.54 Å². The molecule has 0 unspecified atom stereocenters. The molecule has 0 aliphatic heterocycles. The molecule has 1 fully saturated rings. The molecule has 0 radical (unpaired) electrons. The van der Waals surface area contributed by atoms with Gasteiger partial charge in [0.05, 0.1) is 6.54 Å². The van der Waals surface area contributed by atoms with Gasteiger partial charge in [0.15, 0.2) is 5.84 Å². The van der Waals surface area contributed by atoms with Crippen LogP contribution in [0.3, 0.4) is 0 Å². The van der Waals surface area contributed by atoms with Crippen molar-refractivity contribution in [1.29, 1.82) is 0 Å². The number of aryl methyl sites for hydroxylation is 1. The number of nitrogens with zero attached hydrogens (tertiary/aromatic N) is 2. The Morgan fingerprint density at radius 3 is 2.80 bits per heavy atom. The zero-order valence-corrected chi connectivity index (χ0v) is 11.8. The fraction of sp³-hybridized carbons (Fsp3) is 0.533. The van der Waals surface area contributed by atoms with Crippen molar-refractivity contribution in [3.8, 4) is 0 Å². The van der Waals surface area contributed by atoms with E-state index >= 15 is 0 Å². The van der Waals surface area contributed by atoms with Crippen molar-refractivity contribution in [1.82, 2.24) is 4.90 Å². The van der Waals surface area contributed by atoms with Gasteiger partial charge < -0.3 is 10.9 Å². The SMILES string of the molecule is Cc1ccc(F)cc1CN(C/C(N)=N/O)C1CCCC1. The molecule has 4 nitrogen and oxygen atoms in total. The summed E-state index contributed by atoms with van der Waals surface area (Å²) in [5.41, 5.74) is 7.67. The smallest absolute Gasteiger partial charge is 0.153 e. The first-order valence-corrected chi connectivity index (χ1v) is 7.05. The molecule has 0 bridgehead atoms. The Hall–Kier alpha value is -1.62. The highest BCUT2D eigenvalue weighted by atomic mass is 19.1. The van der Waals surface area contributed by atoms with E-state index in [9.17, 15) is 4.39 Å². The minimum absolute atomic E-state index is 0.200. The monoisotopic (exact) mass is 279 g/mol. The maximum Gasteiger partial charge on any atom is 0.153 e. The molecule has 2 rings (SSSR count). The Balaban J connectivity index is 2.15. The van der Waals surface area contributed by atoms with Crippen LogP contribution in [0, 0.1) is 12.7 Å². The van der Waals surface area contributed by atoms with E-state index in [0.29, 0.717) is 19.1 Å². The van der Waals surface area contributed by atoms with Gasteiger partial charge in [-0.15, -0.1) is 0 Å². The number of oxime groups is 1. The van der Waals surface area contributed by atoms with Gasteiger partial charge in [0.2, 0.25) is 0 Å². The van der Waals surface area contributed by atoms with Gasteiger partial charge in [0, 0.05) is 12.6 Å². The first-order valence-electron chi connectivity index (χ1n) is 7.05. The number of halogens is 1. The third kappa shape index (κ3) is 3.70. The summed E-state index contributed by atoms with van der Waals surface area (Å²) < 4.78 is 13.4. The highest BCUT2D eigenvalue weighted by molar-refractivity contribution is 5.81. The zero-order chi connectivity index (χ0) is 14.5. The van der Waals surface area contributed by atoms with E-state index in [1.54, 1.807) is 12.1 Å². The standard InChI is InChI=1S/C15H22FN3O/c1-11-6-7-13(16)8-12(11)9-19(10-15(17)18-20)14-4-2-3-5-14/h6-8,14,20H,2-5,9-10H2,1H3,(H2,17,18). The van der Waals surface area contributed by atoms with Crippen LogP contribution in [0.5, 0.6) is 0 Å². The fourth-order valence-electron chi connectivity index (χ4n) is 2.85. The van der Waals surface area contributed by atoms with Crippen LogP contribution in [-0.4, -0.2) is 28.5 Å². The Kier molecular flexibility index (Phi) is 4.95. The van der Waals surface area contributed by atoms with Gasteiger partial charge in [-0.3, -0.25) is 4.90 Å². The summed E-state index contributed by atoms with van der Waals surface area (Å²) in [4.78, 5) is 2.18. The average Bonchev–Trinajstić information content (AvgIpc) is 2.96. The van der Waals surface area contributed by atoms with Crippen molar-refractivity contribution in [2.24, 2.45) is 10.9 Å². The molecule has 5 heteroatoms. The minimum atomic E-state index is -0.222. The lowest BCUT2D eigenvalue weighted by molar-refractivity contribution is 0.213. The molecule has 1 aliphatic rings. The van der Waals surface area contributed by atoms with Gasteiger partial charge in [-0.1, -0.05) is 24.1 Å². The Morgan fingerprint density at radius 2 is 2.15 bits per heavy atom. The van der Waals surface area contributed by atoms with E-state index in [1.807, 2.05) is 6.92 Å². The Morgan fingerprint density at radius 1 is 1.45 bits per heavy atom. The Bertz CT molecular complexity index is 484. The third-order valence-electron chi connectivity index (χ3n) is 4.02. The number of nitrogens with two attached hydrogens (primary N) is 1. The van der Waals surface area contributed by atoms with Crippen LogP contribution in [0.25, 0.3) is 0 Å². The van der Waals surface area contributed by atoms with Gasteiger partial charge in [-0.05, 0) is 43.0 Å². The van der Waals surface area contributed by atoms with Gasteiger partial charge >= 0.3 is 0 Å². The van der Waals surface area contributed by atoms with E-state index in [4.69, 9.17) is 10.9 Å². The van der Waals surface area contributed by atoms with Gasteiger partial charge in [0.25, 0.3) is 0 Å². The first kappa shape index (κ1) is 14.8. The fourth-order valence-corrected chi connectivity index (χ4v) is 2.85. The number of benzene rings is 1. The van der Waals surface area contributed by atoms with Gasteiger partial charge in [-0.2, -0.15) is 0 Å². The van der Waals surface area contributed by atoms with Crippen LogP contribution in [0.4, 0.5) is 4.39 Å². The maximum absolute atomic E-state index is 13.4. The quantitative estimate of drug-likeness (QED) is 0.377. The summed E-state index contributed by atoms with van der Waals surface area (Å²) in [5.74, 6) is -0.0216. The van der Waals surface area contributed by atoms with Crippen LogP contribution in [0.15, 0.2) is 23.4 Å². The lowest BCUT2D eigenvalue weighted by Gasteiger charge is -2.28. The number of hydrogen-bond acceptors (Lipinski definition) is 3. The molecule has 1 aliphatic carbocycles. The molecule has 1 aromatic rings. The van der Waals surface area contributed by atoms with E-state index in [0.717, 1.165) is 24.0 Å². The molecule has 0 aromatic heterocycles. The molecular formula is C15H22FN3O. The summed E-state index contributed by atoms with van der Waals surface area (Å²) in [6.45, 7) is 3.02. The van der Waals surface area contributed by atoms with Crippen LogP contribution >= 0.6 is 0 Å². The summed E-state index contributed by atoms with van der Waals surface area (Å²) >= 11 is 0. The molecule has 0 heterocycles. The number of rotatable bonds is 5. The first-order chi connectivity index (χ1) is 9.60. The molecule has 20 heavy (non-hydrogen) atoms. The van der Waals surface area contributed by atoms with Gasteiger partial charge in [0.1, 0.15) is 5.82 Å². The lowest BCUT2D eigenvalue weighted by atomic mass is 10.1. The highest BCUT2D eigenvalue weighted by Crippen LogP contribution is 2.25. The van der Waals surface area contributed by atoms with Gasteiger partial charge in [-0.25, -0.2) is 4.39 Å². The second kappa shape index (κ2) is 6.70. The van der Waals surface area contributed by atoms with Crippen molar-refractivity contribution >= 4 is 5.84 Å². The van der Waals surface area contributed by atoms with E-state index in [1.165, 1.54) is 18.9 Å². The van der Waals surface area contributed by atoms with Crippen molar-refractivity contribution in [3.05, 3.63) is 35.1 Å². The summed E-state index contributed by atoms with van der Waals surface area (Å²) in [6, 6.07) is 5.27. The predicted molar refractivity (Wildman–Crippen MR) is 77.2 cm³/mol. The topological polar surface area (TPSA) is 61.8 Å². The van der Waals surface area contributed by atoms with E-state index in [-0.39, 0.29) is 11.7 Å². The molecule has 0 saturated heterocycles. The molecule has 1 aromatic carbocycles. The van der Waals surface area contributed by atoms with E-state index in [2.05, 4.69) is 10.1 Å². The van der Waals surface area contributed by atoms with Crippen molar-refractivity contribution in [2.45, 2.75) is 45.2 Å². The number of hydrogen-bond donors (Lipinski definition) is 2. The normalized spacial score (nSPS) is 17.1. The van der Waals surface area contributed by atoms with Crippen LogP contribution in [0.2, 0.25) is 0 Å². The molecule has 0 spiro atoms. The van der Waals surface area contributed by atoms with Crippen LogP contribution in [-0.2, 0) is 6.54 Å². The van der Waals surface area contributed by atoms with E-state index < -0.39 is 0 Å². The zero-order valence-electron chi connectivity index (χ0n) is 11.8. The summed E-state index contributed by atoms with van der Waals surface area (Å²) in [7, 11) is 0. The predicted octanol–water partition coefficient (Wildman–Crippen LogP) is 2.63. The largest absolute Gasteiger partial charge is 0.409 e. The summed E-state index contributed by atoms with van der Waals surface area (Å²) in [6.07, 6.45) is 4.65. The number of amidine groups is 1. The molecule has 0 amide bonds. The average molecular weight is 279 g/mol. The molecule has 0 atom stereocenters. The third-order valence-corrected chi connectivity index (χ3v) is 4.02. The molecule has 110 valence electrons. The Labute approximate surface area is 119 Å². The minimum Gasteiger partial charge on any atom is -0.409 e. The van der Waals surface area contributed by atoms with Crippen molar-refractivity contribution in [3.63, 3.8) is 0 Å². The molecule has 3 N–H and O–H groups in total. The summed E-state index contributed by atoms with van der Waals surface area (Å²) in [5, 5.41) is 11.8. The lowest BCUT2D eigenvalue weighted by Crippen LogP contribution is -2.39. The highest BCUT2D eigenvalue weighted by Gasteiger charge is 2.24. The second-order valence-corrected chi connectivity index (χ2v) is 5.51. The molecular weight excluding hydrogens is 257 g/mol. The maximum atomic E-state index is 13.4. The van der Waals surface area contributed by atoms with Crippen LogP contribution < -0.4 is 5.73 Å². The second-order valence-electron chi connectivity index (χ2n) is 5.51. The molecule has 1 saturated carbocycles.